The average Bonchev–Trinajstić information content (AvgIpc) is 3.03. The van der Waals surface area contributed by atoms with Gasteiger partial charge in [-0.3, -0.25) is 9.59 Å². The second-order valence-corrected chi connectivity index (χ2v) is 6.90. The first-order chi connectivity index (χ1) is 13.5. The largest absolute Gasteiger partial charge is 0.493 e. The molecule has 2 aromatic rings. The minimum absolute atomic E-state index is 0.00565. The van der Waals surface area contributed by atoms with Crippen molar-refractivity contribution in [3.8, 4) is 11.5 Å². The molecule has 28 heavy (non-hydrogen) atoms. The fourth-order valence-electron chi connectivity index (χ4n) is 3.71. The van der Waals surface area contributed by atoms with Gasteiger partial charge in [0.15, 0.2) is 11.5 Å². The highest BCUT2D eigenvalue weighted by atomic mass is 16.5. The lowest BCUT2D eigenvalue weighted by Crippen LogP contribution is -2.35. The molecule has 2 aromatic carbocycles. The Hall–Kier alpha value is -3.02. The van der Waals surface area contributed by atoms with Gasteiger partial charge in [0.05, 0.1) is 26.2 Å². The zero-order valence-electron chi connectivity index (χ0n) is 16.5. The Morgan fingerprint density at radius 3 is 2.50 bits per heavy atom. The van der Waals surface area contributed by atoms with Gasteiger partial charge in [-0.05, 0) is 29.7 Å². The summed E-state index contributed by atoms with van der Waals surface area (Å²) in [6.07, 6.45) is 0.900. The van der Waals surface area contributed by atoms with Gasteiger partial charge in [0.25, 0.3) is 0 Å². The lowest BCUT2D eigenvalue weighted by Gasteiger charge is -2.25. The summed E-state index contributed by atoms with van der Waals surface area (Å²) in [7, 11) is 4.96. The number of likely N-dealkylation sites (tertiary alicyclic amines) is 1. The van der Waals surface area contributed by atoms with Crippen molar-refractivity contribution in [1.82, 2.24) is 10.2 Å². The summed E-state index contributed by atoms with van der Waals surface area (Å²) >= 11 is 0. The number of hydrogen-bond acceptors (Lipinski definition) is 4. The summed E-state index contributed by atoms with van der Waals surface area (Å²) in [5.74, 6) is 0.859. The number of nitrogens with one attached hydrogen (secondary N) is 1. The standard InChI is InChI=1S/C22H26N2O4/c1-24-20(25)14-17(21(24)16-7-5-4-6-8-16)22(26)23-12-11-15-9-10-18(27-2)19(13-15)28-3/h4-10,13,17,21H,11-12,14H2,1-3H3,(H,23,26)/t17-,21-/m1/s1. The molecule has 2 amide bonds. The molecule has 3 rings (SSSR count). The molecule has 0 radical (unpaired) electrons. The van der Waals surface area contributed by atoms with Crippen LogP contribution in [0.3, 0.4) is 0 Å². The summed E-state index contributed by atoms with van der Waals surface area (Å²) in [4.78, 5) is 26.7. The Morgan fingerprint density at radius 2 is 1.82 bits per heavy atom. The SMILES string of the molecule is COc1ccc(CCNC(=O)[C@@H]2CC(=O)N(C)[C@@H]2c2ccccc2)cc1OC. The molecule has 1 aliphatic rings. The maximum Gasteiger partial charge on any atom is 0.226 e. The maximum absolute atomic E-state index is 12.8. The molecule has 1 N–H and O–H groups in total. The number of carbonyl (C=O) groups excluding carboxylic acids is 2. The van der Waals surface area contributed by atoms with E-state index in [1.807, 2.05) is 48.5 Å². The third-order valence-corrected chi connectivity index (χ3v) is 5.23. The van der Waals surface area contributed by atoms with Gasteiger partial charge in [-0.15, -0.1) is 0 Å². The van der Waals surface area contributed by atoms with Crippen LogP contribution in [0, 0.1) is 5.92 Å². The zero-order chi connectivity index (χ0) is 20.1. The highest BCUT2D eigenvalue weighted by Crippen LogP contribution is 2.37. The molecule has 6 heteroatoms. The van der Waals surface area contributed by atoms with Crippen molar-refractivity contribution in [3.63, 3.8) is 0 Å². The first kappa shape index (κ1) is 19.7. The Morgan fingerprint density at radius 1 is 1.11 bits per heavy atom. The summed E-state index contributed by atoms with van der Waals surface area (Å²) in [6, 6.07) is 15.2. The van der Waals surface area contributed by atoms with Crippen LogP contribution >= 0.6 is 0 Å². The van der Waals surface area contributed by atoms with E-state index in [1.54, 1.807) is 26.2 Å². The van der Waals surface area contributed by atoms with Crippen LogP contribution in [0.4, 0.5) is 0 Å². The van der Waals surface area contributed by atoms with Crippen LogP contribution in [0.15, 0.2) is 48.5 Å². The van der Waals surface area contributed by atoms with Gasteiger partial charge in [-0.1, -0.05) is 36.4 Å². The lowest BCUT2D eigenvalue weighted by molar-refractivity contribution is -0.128. The van der Waals surface area contributed by atoms with Crippen molar-refractivity contribution in [2.24, 2.45) is 5.92 Å². The van der Waals surface area contributed by atoms with Gasteiger partial charge in [0.2, 0.25) is 11.8 Å². The maximum atomic E-state index is 12.8. The van der Waals surface area contributed by atoms with E-state index in [0.717, 1.165) is 11.1 Å². The van der Waals surface area contributed by atoms with Crippen molar-refractivity contribution in [2.75, 3.05) is 27.8 Å². The van der Waals surface area contributed by atoms with Gasteiger partial charge in [-0.25, -0.2) is 0 Å². The summed E-state index contributed by atoms with van der Waals surface area (Å²) in [5, 5.41) is 2.99. The van der Waals surface area contributed by atoms with Crippen LogP contribution in [0.2, 0.25) is 0 Å². The van der Waals surface area contributed by atoms with Crippen molar-refractivity contribution < 1.29 is 19.1 Å². The van der Waals surface area contributed by atoms with Crippen LogP contribution in [0.1, 0.15) is 23.6 Å². The average molecular weight is 382 g/mol. The molecule has 1 heterocycles. The van der Waals surface area contributed by atoms with Crippen molar-refractivity contribution >= 4 is 11.8 Å². The van der Waals surface area contributed by atoms with Gasteiger partial charge in [0.1, 0.15) is 0 Å². The summed E-state index contributed by atoms with van der Waals surface area (Å²) < 4.78 is 10.6. The third kappa shape index (κ3) is 4.11. The number of methoxy groups -OCH3 is 2. The minimum atomic E-state index is -0.384. The van der Waals surface area contributed by atoms with E-state index in [4.69, 9.17) is 9.47 Å². The number of rotatable bonds is 7. The van der Waals surface area contributed by atoms with E-state index in [9.17, 15) is 9.59 Å². The number of carbonyl (C=O) groups is 2. The normalized spacial score (nSPS) is 18.8. The second-order valence-electron chi connectivity index (χ2n) is 6.90. The highest BCUT2D eigenvalue weighted by Gasteiger charge is 2.42. The smallest absolute Gasteiger partial charge is 0.226 e. The molecule has 1 fully saturated rings. The molecule has 1 saturated heterocycles. The molecular formula is C22H26N2O4. The number of ether oxygens (including phenoxy) is 2. The Labute approximate surface area is 165 Å². The van der Waals surface area contributed by atoms with Gasteiger partial charge in [-0.2, -0.15) is 0 Å². The molecule has 0 saturated carbocycles. The molecule has 0 bridgehead atoms. The van der Waals surface area contributed by atoms with Crippen LogP contribution < -0.4 is 14.8 Å². The Bertz CT molecular complexity index is 838. The zero-order valence-corrected chi connectivity index (χ0v) is 16.5. The fraction of sp³-hybridized carbons (Fsp3) is 0.364. The molecule has 0 aliphatic carbocycles. The fourth-order valence-corrected chi connectivity index (χ4v) is 3.71. The lowest BCUT2D eigenvalue weighted by atomic mass is 9.93. The predicted octanol–water partition coefficient (Wildman–Crippen LogP) is 2.58. The number of hydrogen-bond donors (Lipinski definition) is 1. The molecule has 148 valence electrons. The predicted molar refractivity (Wildman–Crippen MR) is 106 cm³/mol. The first-order valence-corrected chi connectivity index (χ1v) is 9.34. The van der Waals surface area contributed by atoms with E-state index in [1.165, 1.54) is 0 Å². The number of benzene rings is 2. The molecule has 2 atom stereocenters. The van der Waals surface area contributed by atoms with Crippen LogP contribution in [0.25, 0.3) is 0 Å². The molecule has 0 aromatic heterocycles. The van der Waals surface area contributed by atoms with Crippen LogP contribution in [-0.4, -0.2) is 44.5 Å². The van der Waals surface area contributed by atoms with Crippen molar-refractivity contribution in [2.45, 2.75) is 18.9 Å². The van der Waals surface area contributed by atoms with Crippen molar-refractivity contribution in [1.29, 1.82) is 0 Å². The topological polar surface area (TPSA) is 67.9 Å². The second kappa shape index (κ2) is 8.78. The van der Waals surface area contributed by atoms with Gasteiger partial charge < -0.3 is 19.7 Å². The number of nitrogens with zero attached hydrogens (tertiary/aromatic N) is 1. The van der Waals surface area contributed by atoms with Crippen molar-refractivity contribution in [3.05, 3.63) is 59.7 Å². The van der Waals surface area contributed by atoms with E-state index >= 15 is 0 Å². The highest BCUT2D eigenvalue weighted by molar-refractivity contribution is 5.90. The molecule has 6 nitrogen and oxygen atoms in total. The first-order valence-electron chi connectivity index (χ1n) is 9.34. The van der Waals surface area contributed by atoms with E-state index < -0.39 is 0 Å². The quantitative estimate of drug-likeness (QED) is 0.799. The minimum Gasteiger partial charge on any atom is -0.493 e. The summed E-state index contributed by atoms with van der Waals surface area (Å²) in [6.45, 7) is 0.490. The third-order valence-electron chi connectivity index (χ3n) is 5.23. The molecule has 0 spiro atoms. The van der Waals surface area contributed by atoms with Gasteiger partial charge >= 0.3 is 0 Å². The Balaban J connectivity index is 1.63. The number of amides is 2. The van der Waals surface area contributed by atoms with Crippen LogP contribution in [0.5, 0.6) is 11.5 Å². The van der Waals surface area contributed by atoms with E-state index in [0.29, 0.717) is 24.5 Å². The Kier molecular flexibility index (Phi) is 6.19. The molecule has 1 aliphatic heterocycles. The van der Waals surface area contributed by atoms with Gasteiger partial charge in [0, 0.05) is 20.0 Å². The van der Waals surface area contributed by atoms with E-state index in [2.05, 4.69) is 5.32 Å². The van der Waals surface area contributed by atoms with E-state index in [-0.39, 0.29) is 30.2 Å². The van der Waals surface area contributed by atoms with Crippen LogP contribution in [-0.2, 0) is 16.0 Å². The summed E-state index contributed by atoms with van der Waals surface area (Å²) in [5.41, 5.74) is 2.02. The molecular weight excluding hydrogens is 356 g/mol. The monoisotopic (exact) mass is 382 g/mol. The molecule has 0 unspecified atom stereocenters.